The van der Waals surface area contributed by atoms with Gasteiger partial charge in [-0.15, -0.1) is 0 Å². The third-order valence-corrected chi connectivity index (χ3v) is 4.14. The molecule has 0 bridgehead atoms. The summed E-state index contributed by atoms with van der Waals surface area (Å²) in [4.78, 5) is 12.3. The fraction of sp³-hybridized carbons (Fsp3) is 0. The lowest BCUT2D eigenvalue weighted by Gasteiger charge is -2.08. The Morgan fingerprint density at radius 2 is 1.83 bits per heavy atom. The Morgan fingerprint density at radius 3 is 2.61 bits per heavy atom. The van der Waals surface area contributed by atoms with Gasteiger partial charge in [-0.3, -0.25) is 4.79 Å². The van der Waals surface area contributed by atoms with E-state index in [1.54, 1.807) is 39.2 Å². The molecular formula is C17H12N4OS. The molecule has 0 spiro atoms. The molecule has 23 heavy (non-hydrogen) atoms. The summed E-state index contributed by atoms with van der Waals surface area (Å²) in [5, 5.41) is 12.8. The molecule has 0 aliphatic rings. The monoisotopic (exact) mass is 320 g/mol. The molecule has 0 aliphatic heterocycles. The minimum atomic E-state index is -0.130. The molecule has 0 N–H and O–H groups in total. The molecule has 4 aromatic rings. The third kappa shape index (κ3) is 2.49. The van der Waals surface area contributed by atoms with Crippen molar-refractivity contribution in [3.05, 3.63) is 81.9 Å². The lowest BCUT2D eigenvalue weighted by Crippen LogP contribution is -2.14. The molecule has 0 aliphatic carbocycles. The molecule has 6 heteroatoms. The Kier molecular flexibility index (Phi) is 3.36. The van der Waals surface area contributed by atoms with Crippen LogP contribution in [0.25, 0.3) is 22.8 Å². The fourth-order valence-corrected chi connectivity index (χ4v) is 3.00. The topological polar surface area (TPSA) is 52.7 Å². The minimum Gasteiger partial charge on any atom is -0.287 e. The Bertz CT molecular complexity index is 987. The van der Waals surface area contributed by atoms with E-state index in [4.69, 9.17) is 0 Å². The van der Waals surface area contributed by atoms with Gasteiger partial charge in [-0.1, -0.05) is 18.2 Å². The van der Waals surface area contributed by atoms with Crippen LogP contribution in [0.2, 0.25) is 0 Å². The highest BCUT2D eigenvalue weighted by molar-refractivity contribution is 7.08. The van der Waals surface area contributed by atoms with Gasteiger partial charge in [-0.05, 0) is 29.6 Å². The van der Waals surface area contributed by atoms with Crippen LogP contribution in [0.1, 0.15) is 0 Å². The van der Waals surface area contributed by atoms with Crippen LogP contribution < -0.4 is 5.43 Å². The molecule has 0 radical (unpaired) electrons. The first kappa shape index (κ1) is 13.7. The third-order valence-electron chi connectivity index (χ3n) is 3.47. The van der Waals surface area contributed by atoms with E-state index < -0.39 is 0 Å². The number of rotatable bonds is 3. The van der Waals surface area contributed by atoms with Crippen molar-refractivity contribution in [1.82, 2.24) is 19.6 Å². The number of para-hydroxylation sites is 1. The van der Waals surface area contributed by atoms with E-state index in [-0.39, 0.29) is 5.43 Å². The summed E-state index contributed by atoms with van der Waals surface area (Å²) in [6, 6.07) is 15.0. The zero-order chi connectivity index (χ0) is 15.6. The zero-order valence-corrected chi connectivity index (χ0v) is 12.9. The maximum atomic E-state index is 12.3. The second kappa shape index (κ2) is 5.66. The second-order valence-corrected chi connectivity index (χ2v) is 5.70. The summed E-state index contributed by atoms with van der Waals surface area (Å²) < 4.78 is 3.43. The minimum absolute atomic E-state index is 0.130. The molecule has 112 valence electrons. The molecule has 0 saturated heterocycles. The summed E-state index contributed by atoms with van der Waals surface area (Å²) in [5.41, 5.74) is 2.74. The number of hydrogen-bond acceptors (Lipinski definition) is 4. The van der Waals surface area contributed by atoms with Gasteiger partial charge in [0.2, 0.25) is 5.43 Å². The summed E-state index contributed by atoms with van der Waals surface area (Å²) in [6.07, 6.45) is 3.35. The highest BCUT2D eigenvalue weighted by Crippen LogP contribution is 2.18. The van der Waals surface area contributed by atoms with E-state index in [1.165, 1.54) is 6.07 Å². The Balaban J connectivity index is 1.88. The maximum absolute atomic E-state index is 12.3. The standard InChI is InChI=1S/C17H12N4OS/c22-16-7-10-20(14-8-11-23-12-14)19-17(16)15-6-9-18-21(15)13-4-2-1-3-5-13/h1-12H. The van der Waals surface area contributed by atoms with Gasteiger partial charge in [0, 0.05) is 17.6 Å². The van der Waals surface area contributed by atoms with Crippen molar-refractivity contribution in [3.8, 4) is 22.8 Å². The van der Waals surface area contributed by atoms with Crippen LogP contribution in [0, 0.1) is 0 Å². The molecule has 0 amide bonds. The number of nitrogens with zero attached hydrogens (tertiary/aromatic N) is 4. The predicted molar refractivity (Wildman–Crippen MR) is 90.3 cm³/mol. The highest BCUT2D eigenvalue weighted by atomic mass is 32.1. The summed E-state index contributed by atoms with van der Waals surface area (Å²) in [7, 11) is 0. The molecule has 4 rings (SSSR count). The van der Waals surface area contributed by atoms with E-state index in [2.05, 4.69) is 10.2 Å². The second-order valence-electron chi connectivity index (χ2n) is 4.92. The normalized spacial score (nSPS) is 10.8. The SMILES string of the molecule is O=c1ccn(-c2ccsc2)nc1-c1ccnn1-c1ccccc1. The number of hydrogen-bond donors (Lipinski definition) is 0. The van der Waals surface area contributed by atoms with E-state index in [0.29, 0.717) is 11.4 Å². The van der Waals surface area contributed by atoms with Gasteiger partial charge >= 0.3 is 0 Å². The van der Waals surface area contributed by atoms with Gasteiger partial charge in [-0.25, -0.2) is 9.36 Å². The first-order valence-electron chi connectivity index (χ1n) is 7.05. The molecule has 3 heterocycles. The van der Waals surface area contributed by atoms with Crippen LogP contribution in [0.5, 0.6) is 0 Å². The molecule has 0 unspecified atom stereocenters. The first-order chi connectivity index (χ1) is 11.3. The maximum Gasteiger partial charge on any atom is 0.209 e. The van der Waals surface area contributed by atoms with Crippen molar-refractivity contribution in [2.45, 2.75) is 0 Å². The quantitative estimate of drug-likeness (QED) is 0.583. The van der Waals surface area contributed by atoms with E-state index >= 15 is 0 Å². The van der Waals surface area contributed by atoms with Crippen LogP contribution >= 0.6 is 11.3 Å². The predicted octanol–water partition coefficient (Wildman–Crippen LogP) is 3.15. The molecule has 3 aromatic heterocycles. The average molecular weight is 320 g/mol. The largest absolute Gasteiger partial charge is 0.287 e. The van der Waals surface area contributed by atoms with Gasteiger partial charge in [0.1, 0.15) is 0 Å². The highest BCUT2D eigenvalue weighted by Gasteiger charge is 2.13. The smallest absolute Gasteiger partial charge is 0.209 e. The van der Waals surface area contributed by atoms with Crippen LogP contribution in [0.15, 0.2) is 76.5 Å². The van der Waals surface area contributed by atoms with Crippen molar-refractivity contribution in [1.29, 1.82) is 0 Å². The summed E-state index contributed by atoms with van der Waals surface area (Å²) >= 11 is 1.59. The van der Waals surface area contributed by atoms with Crippen molar-refractivity contribution in [3.63, 3.8) is 0 Å². The van der Waals surface area contributed by atoms with Crippen LogP contribution in [-0.4, -0.2) is 19.6 Å². The number of aromatic nitrogens is 4. The fourth-order valence-electron chi connectivity index (χ4n) is 2.37. The zero-order valence-electron chi connectivity index (χ0n) is 12.0. The van der Waals surface area contributed by atoms with Crippen molar-refractivity contribution in [2.24, 2.45) is 0 Å². The van der Waals surface area contributed by atoms with Gasteiger partial charge in [0.15, 0.2) is 5.69 Å². The number of benzene rings is 1. The van der Waals surface area contributed by atoms with Gasteiger partial charge in [0.05, 0.1) is 23.3 Å². The Morgan fingerprint density at radius 1 is 0.957 bits per heavy atom. The van der Waals surface area contributed by atoms with Gasteiger partial charge in [0.25, 0.3) is 0 Å². The molecule has 5 nitrogen and oxygen atoms in total. The van der Waals surface area contributed by atoms with E-state index in [1.807, 2.05) is 47.2 Å². The summed E-state index contributed by atoms with van der Waals surface area (Å²) in [5.74, 6) is 0. The van der Waals surface area contributed by atoms with Gasteiger partial charge in [-0.2, -0.15) is 21.5 Å². The average Bonchev–Trinajstić information content (AvgIpc) is 3.28. The van der Waals surface area contributed by atoms with Crippen molar-refractivity contribution < 1.29 is 0 Å². The molecule has 0 atom stereocenters. The van der Waals surface area contributed by atoms with Crippen molar-refractivity contribution >= 4 is 11.3 Å². The van der Waals surface area contributed by atoms with E-state index in [0.717, 1.165) is 11.4 Å². The Hall–Kier alpha value is -2.99. The molecular weight excluding hydrogens is 308 g/mol. The van der Waals surface area contributed by atoms with Crippen LogP contribution in [-0.2, 0) is 0 Å². The number of thiophene rings is 1. The van der Waals surface area contributed by atoms with Gasteiger partial charge < -0.3 is 0 Å². The lowest BCUT2D eigenvalue weighted by atomic mass is 10.2. The molecule has 0 fully saturated rings. The Labute approximate surface area is 136 Å². The van der Waals surface area contributed by atoms with Crippen LogP contribution in [0.4, 0.5) is 0 Å². The molecule has 1 aromatic carbocycles. The lowest BCUT2D eigenvalue weighted by molar-refractivity contribution is 0.825. The van der Waals surface area contributed by atoms with Crippen molar-refractivity contribution in [2.75, 3.05) is 0 Å². The van der Waals surface area contributed by atoms with Crippen LogP contribution in [0.3, 0.4) is 0 Å². The summed E-state index contributed by atoms with van der Waals surface area (Å²) in [6.45, 7) is 0. The first-order valence-corrected chi connectivity index (χ1v) is 7.99. The van der Waals surface area contributed by atoms with E-state index in [9.17, 15) is 4.79 Å². The molecule has 0 saturated carbocycles.